The van der Waals surface area contributed by atoms with Gasteiger partial charge in [-0.1, -0.05) is 18.2 Å². The van der Waals surface area contributed by atoms with Crippen LogP contribution in [0.5, 0.6) is 0 Å². The van der Waals surface area contributed by atoms with E-state index >= 15 is 0 Å². The number of hydrogen-bond donors (Lipinski definition) is 3. The minimum Gasteiger partial charge on any atom is -0.396 e. The number of likely N-dealkylation sites (N-methyl/N-ethyl adjacent to an activating group) is 1. The van der Waals surface area contributed by atoms with Gasteiger partial charge in [0.05, 0.1) is 28.7 Å². The Balaban J connectivity index is 2.23. The number of benzene rings is 1. The molecular formula is C15H22N4O. The topological polar surface area (TPSA) is 74.4 Å². The van der Waals surface area contributed by atoms with Gasteiger partial charge in [-0.3, -0.25) is 4.98 Å². The Labute approximate surface area is 119 Å². The molecular weight excluding hydrogens is 252 g/mol. The quantitative estimate of drug-likeness (QED) is 0.771. The first kappa shape index (κ1) is 14.6. The number of nitrogen functional groups attached to an aromatic ring is 1. The third-order valence-corrected chi connectivity index (χ3v) is 3.11. The summed E-state index contributed by atoms with van der Waals surface area (Å²) in [5.41, 5.74) is 7.47. The van der Waals surface area contributed by atoms with E-state index in [9.17, 15) is 5.11 Å². The van der Waals surface area contributed by atoms with Crippen molar-refractivity contribution in [2.24, 2.45) is 0 Å². The first-order valence-electron chi connectivity index (χ1n) is 6.63. The van der Waals surface area contributed by atoms with Crippen LogP contribution in [0, 0.1) is 0 Å². The van der Waals surface area contributed by atoms with Crippen molar-refractivity contribution < 1.29 is 5.11 Å². The molecule has 1 aromatic heterocycles. The van der Waals surface area contributed by atoms with Gasteiger partial charge in [0, 0.05) is 18.5 Å². The van der Waals surface area contributed by atoms with Crippen molar-refractivity contribution in [2.45, 2.75) is 12.5 Å². The molecule has 0 fully saturated rings. The second kappa shape index (κ2) is 5.64. The van der Waals surface area contributed by atoms with Crippen molar-refractivity contribution in [1.29, 1.82) is 0 Å². The minimum absolute atomic E-state index is 0.420. The number of fused-ring (bicyclic) bond motifs is 1. The molecule has 0 bridgehead atoms. The fourth-order valence-corrected chi connectivity index (χ4v) is 2.37. The zero-order chi connectivity index (χ0) is 14.8. The monoisotopic (exact) mass is 274 g/mol. The maximum atomic E-state index is 10.3. The van der Waals surface area contributed by atoms with E-state index in [1.807, 2.05) is 43.3 Å². The van der Waals surface area contributed by atoms with Crippen LogP contribution in [0.4, 0.5) is 11.4 Å². The summed E-state index contributed by atoms with van der Waals surface area (Å²) in [4.78, 5) is 6.25. The Morgan fingerprint density at radius 2 is 2.05 bits per heavy atom. The molecule has 0 aliphatic heterocycles. The van der Waals surface area contributed by atoms with Gasteiger partial charge in [0.25, 0.3) is 0 Å². The van der Waals surface area contributed by atoms with Crippen LogP contribution in [-0.4, -0.2) is 47.8 Å². The number of pyridine rings is 1. The van der Waals surface area contributed by atoms with Crippen LogP contribution in [0.25, 0.3) is 10.9 Å². The van der Waals surface area contributed by atoms with Crippen LogP contribution in [-0.2, 0) is 0 Å². The number of aliphatic hydroxyl groups is 1. The second-order valence-electron chi connectivity index (χ2n) is 5.69. The Bertz CT molecular complexity index is 595. The SMILES string of the molecule is CN(C)CC(C)(O)CNc1c(N)cnc2ccccc12. The third kappa shape index (κ3) is 3.37. The van der Waals surface area contributed by atoms with Gasteiger partial charge in [-0.25, -0.2) is 0 Å². The predicted molar refractivity (Wildman–Crippen MR) is 83.8 cm³/mol. The molecule has 1 atom stereocenters. The summed E-state index contributed by atoms with van der Waals surface area (Å²) >= 11 is 0. The summed E-state index contributed by atoms with van der Waals surface area (Å²) in [6.45, 7) is 2.80. The number of anilines is 2. The average Bonchev–Trinajstić information content (AvgIpc) is 2.36. The summed E-state index contributed by atoms with van der Waals surface area (Å²) in [5.74, 6) is 0. The van der Waals surface area contributed by atoms with Crippen LogP contribution in [0.3, 0.4) is 0 Å². The molecule has 20 heavy (non-hydrogen) atoms. The highest BCUT2D eigenvalue weighted by Gasteiger charge is 2.21. The van der Waals surface area contributed by atoms with E-state index in [-0.39, 0.29) is 0 Å². The standard InChI is InChI=1S/C15H22N4O/c1-15(20,10-19(2)3)9-18-14-11-6-4-5-7-13(11)17-8-12(14)16/h4-8,20H,9-10,16H2,1-3H3,(H,17,18). The zero-order valence-electron chi connectivity index (χ0n) is 12.2. The Kier molecular flexibility index (Phi) is 4.11. The smallest absolute Gasteiger partial charge is 0.0917 e. The van der Waals surface area contributed by atoms with Gasteiger partial charge in [0.15, 0.2) is 0 Å². The predicted octanol–water partition coefficient (Wildman–Crippen LogP) is 1.54. The maximum absolute atomic E-state index is 10.3. The summed E-state index contributed by atoms with van der Waals surface area (Å²) in [6, 6.07) is 7.81. The fraction of sp³-hybridized carbons (Fsp3) is 0.400. The molecule has 0 amide bonds. The van der Waals surface area contributed by atoms with Gasteiger partial charge in [0.2, 0.25) is 0 Å². The van der Waals surface area contributed by atoms with Crippen LogP contribution in [0.1, 0.15) is 6.92 Å². The first-order valence-corrected chi connectivity index (χ1v) is 6.63. The van der Waals surface area contributed by atoms with Crippen LogP contribution >= 0.6 is 0 Å². The highest BCUT2D eigenvalue weighted by Crippen LogP contribution is 2.27. The van der Waals surface area contributed by atoms with Crippen molar-refractivity contribution in [3.05, 3.63) is 30.5 Å². The lowest BCUT2D eigenvalue weighted by Gasteiger charge is -2.28. The zero-order valence-corrected chi connectivity index (χ0v) is 12.2. The van der Waals surface area contributed by atoms with Crippen molar-refractivity contribution in [3.8, 4) is 0 Å². The molecule has 5 heteroatoms. The van der Waals surface area contributed by atoms with Crippen molar-refractivity contribution in [2.75, 3.05) is 38.2 Å². The molecule has 0 saturated heterocycles. The van der Waals surface area contributed by atoms with Crippen molar-refractivity contribution in [3.63, 3.8) is 0 Å². The van der Waals surface area contributed by atoms with E-state index in [1.165, 1.54) is 0 Å². The molecule has 1 unspecified atom stereocenters. The lowest BCUT2D eigenvalue weighted by Crippen LogP contribution is -2.43. The van der Waals surface area contributed by atoms with Gasteiger partial charge in [-0.2, -0.15) is 0 Å². The number of nitrogens with two attached hydrogens (primary N) is 1. The molecule has 2 rings (SSSR count). The summed E-state index contributed by atoms with van der Waals surface area (Å²) < 4.78 is 0. The molecule has 0 radical (unpaired) electrons. The highest BCUT2D eigenvalue weighted by molar-refractivity contribution is 5.96. The van der Waals surface area contributed by atoms with Crippen molar-refractivity contribution in [1.82, 2.24) is 9.88 Å². The van der Waals surface area contributed by atoms with E-state index < -0.39 is 5.60 Å². The van der Waals surface area contributed by atoms with Crippen LogP contribution in [0.2, 0.25) is 0 Å². The van der Waals surface area contributed by atoms with Gasteiger partial charge >= 0.3 is 0 Å². The normalized spacial score (nSPS) is 14.4. The third-order valence-electron chi connectivity index (χ3n) is 3.11. The van der Waals surface area contributed by atoms with Gasteiger partial charge < -0.3 is 21.1 Å². The van der Waals surface area contributed by atoms with Gasteiger partial charge in [-0.15, -0.1) is 0 Å². The molecule has 0 saturated carbocycles. The number of nitrogens with zero attached hydrogens (tertiary/aromatic N) is 2. The lowest BCUT2D eigenvalue weighted by molar-refractivity contribution is 0.0460. The number of rotatable bonds is 5. The Morgan fingerprint density at radius 1 is 1.35 bits per heavy atom. The van der Waals surface area contributed by atoms with Gasteiger partial charge in [-0.05, 0) is 27.1 Å². The molecule has 1 aromatic carbocycles. The number of hydrogen-bond acceptors (Lipinski definition) is 5. The molecule has 108 valence electrons. The Hall–Kier alpha value is -1.85. The van der Waals surface area contributed by atoms with Crippen LogP contribution < -0.4 is 11.1 Å². The summed E-state index contributed by atoms with van der Waals surface area (Å²) in [6.07, 6.45) is 1.64. The van der Waals surface area contributed by atoms with Crippen LogP contribution in [0.15, 0.2) is 30.5 Å². The van der Waals surface area contributed by atoms with E-state index in [2.05, 4.69) is 10.3 Å². The highest BCUT2D eigenvalue weighted by atomic mass is 16.3. The summed E-state index contributed by atoms with van der Waals surface area (Å²) in [5, 5.41) is 14.6. The number of aromatic nitrogens is 1. The maximum Gasteiger partial charge on any atom is 0.0917 e. The molecule has 0 aliphatic carbocycles. The molecule has 1 heterocycles. The first-order chi connectivity index (χ1) is 9.39. The second-order valence-corrected chi connectivity index (χ2v) is 5.69. The summed E-state index contributed by atoms with van der Waals surface area (Å²) in [7, 11) is 3.87. The molecule has 5 nitrogen and oxygen atoms in total. The Morgan fingerprint density at radius 3 is 2.75 bits per heavy atom. The van der Waals surface area contributed by atoms with Crippen molar-refractivity contribution >= 4 is 22.3 Å². The molecule has 0 spiro atoms. The van der Waals surface area contributed by atoms with Gasteiger partial charge in [0.1, 0.15) is 0 Å². The molecule has 2 aromatic rings. The minimum atomic E-state index is -0.833. The van der Waals surface area contributed by atoms with E-state index in [0.29, 0.717) is 18.8 Å². The number of para-hydroxylation sites is 1. The fourth-order valence-electron chi connectivity index (χ4n) is 2.37. The molecule has 4 N–H and O–H groups in total. The largest absolute Gasteiger partial charge is 0.396 e. The lowest BCUT2D eigenvalue weighted by atomic mass is 10.1. The van der Waals surface area contributed by atoms with E-state index in [1.54, 1.807) is 13.1 Å². The van der Waals surface area contributed by atoms with E-state index in [0.717, 1.165) is 16.6 Å². The van der Waals surface area contributed by atoms with E-state index in [4.69, 9.17) is 5.73 Å². The number of nitrogens with one attached hydrogen (secondary N) is 1. The average molecular weight is 274 g/mol. The molecule has 0 aliphatic rings.